The summed E-state index contributed by atoms with van der Waals surface area (Å²) in [5, 5.41) is 13.8. The third kappa shape index (κ3) is 5.41. The van der Waals surface area contributed by atoms with Gasteiger partial charge in [0, 0.05) is 6.54 Å². The first-order valence-corrected chi connectivity index (χ1v) is 5.82. The lowest BCUT2D eigenvalue weighted by Gasteiger charge is -2.06. The molecule has 96 valence electrons. The number of carbonyl (C=O) groups excluding carboxylic acids is 1. The summed E-state index contributed by atoms with van der Waals surface area (Å²) in [5.41, 5.74) is 0.634. The maximum absolute atomic E-state index is 13.2. The fourth-order valence-corrected chi connectivity index (χ4v) is 1.45. The summed E-state index contributed by atoms with van der Waals surface area (Å²) in [6.07, 6.45) is 0.846. The number of carbonyl (C=O) groups is 1. The van der Waals surface area contributed by atoms with E-state index in [0.717, 1.165) is 0 Å². The average Bonchev–Trinajstić information content (AvgIpc) is 2.37. The van der Waals surface area contributed by atoms with Gasteiger partial charge in [-0.3, -0.25) is 4.79 Å². The standard InChI is InChI=1S/C13H16FN3O/c14-12-5-2-1-4-11(12)6-9-16-10-13(18)17-8-3-7-15/h1-2,4-5,16H,3,6,8-10H2,(H,17,18). The molecule has 2 N–H and O–H groups in total. The Morgan fingerprint density at radius 2 is 2.11 bits per heavy atom. The first kappa shape index (κ1) is 14.1. The van der Waals surface area contributed by atoms with Crippen LogP contribution < -0.4 is 10.6 Å². The Hall–Kier alpha value is -1.93. The van der Waals surface area contributed by atoms with Gasteiger partial charge in [0.25, 0.3) is 0 Å². The molecule has 0 unspecified atom stereocenters. The van der Waals surface area contributed by atoms with Gasteiger partial charge in [0.05, 0.1) is 19.0 Å². The summed E-state index contributed by atoms with van der Waals surface area (Å²) < 4.78 is 13.2. The van der Waals surface area contributed by atoms with Gasteiger partial charge in [-0.1, -0.05) is 18.2 Å². The maximum atomic E-state index is 13.2. The normalized spacial score (nSPS) is 9.78. The fourth-order valence-electron chi connectivity index (χ4n) is 1.45. The molecule has 0 bridgehead atoms. The minimum absolute atomic E-state index is 0.154. The van der Waals surface area contributed by atoms with Crippen molar-refractivity contribution >= 4 is 5.91 Å². The first-order valence-electron chi connectivity index (χ1n) is 5.82. The van der Waals surface area contributed by atoms with Crippen molar-refractivity contribution in [3.63, 3.8) is 0 Å². The lowest BCUT2D eigenvalue weighted by Crippen LogP contribution is -2.35. The molecule has 5 heteroatoms. The van der Waals surface area contributed by atoms with Crippen molar-refractivity contribution in [1.82, 2.24) is 10.6 Å². The Morgan fingerprint density at radius 3 is 2.83 bits per heavy atom. The van der Waals surface area contributed by atoms with Gasteiger partial charge in [0.1, 0.15) is 5.82 Å². The summed E-state index contributed by atoms with van der Waals surface area (Å²) in [7, 11) is 0. The van der Waals surface area contributed by atoms with E-state index in [1.54, 1.807) is 18.2 Å². The molecule has 0 aliphatic rings. The van der Waals surface area contributed by atoms with Crippen LogP contribution in [0.4, 0.5) is 4.39 Å². The monoisotopic (exact) mass is 249 g/mol. The van der Waals surface area contributed by atoms with E-state index < -0.39 is 0 Å². The Kier molecular flexibility index (Phi) is 6.44. The first-order chi connectivity index (χ1) is 8.74. The molecule has 0 heterocycles. The summed E-state index contributed by atoms with van der Waals surface area (Å²) in [5.74, 6) is -0.378. The van der Waals surface area contributed by atoms with Crippen LogP contribution in [0, 0.1) is 17.1 Å². The topological polar surface area (TPSA) is 64.9 Å². The van der Waals surface area contributed by atoms with Crippen molar-refractivity contribution in [1.29, 1.82) is 5.26 Å². The zero-order valence-corrected chi connectivity index (χ0v) is 10.1. The van der Waals surface area contributed by atoms with E-state index in [1.165, 1.54) is 6.07 Å². The quantitative estimate of drug-likeness (QED) is 0.708. The molecule has 18 heavy (non-hydrogen) atoms. The molecule has 1 rings (SSSR count). The molecule has 0 saturated heterocycles. The number of nitrogens with zero attached hydrogens (tertiary/aromatic N) is 1. The minimum Gasteiger partial charge on any atom is -0.354 e. The van der Waals surface area contributed by atoms with Crippen molar-refractivity contribution in [2.45, 2.75) is 12.8 Å². The van der Waals surface area contributed by atoms with Gasteiger partial charge in [-0.15, -0.1) is 0 Å². The smallest absolute Gasteiger partial charge is 0.233 e. The van der Waals surface area contributed by atoms with Crippen LogP contribution in [-0.4, -0.2) is 25.5 Å². The van der Waals surface area contributed by atoms with Gasteiger partial charge in [0.15, 0.2) is 0 Å². The van der Waals surface area contributed by atoms with Crippen LogP contribution >= 0.6 is 0 Å². The summed E-state index contributed by atoms with van der Waals surface area (Å²) in [6, 6.07) is 8.52. The highest BCUT2D eigenvalue weighted by Crippen LogP contribution is 2.05. The molecule has 0 aromatic heterocycles. The number of nitriles is 1. The number of nitrogens with one attached hydrogen (secondary N) is 2. The van der Waals surface area contributed by atoms with Crippen LogP contribution in [0.1, 0.15) is 12.0 Å². The molecule has 1 amide bonds. The van der Waals surface area contributed by atoms with E-state index >= 15 is 0 Å². The zero-order valence-electron chi connectivity index (χ0n) is 10.1. The lowest BCUT2D eigenvalue weighted by molar-refractivity contribution is -0.120. The van der Waals surface area contributed by atoms with Crippen molar-refractivity contribution in [3.05, 3.63) is 35.6 Å². The van der Waals surface area contributed by atoms with Gasteiger partial charge >= 0.3 is 0 Å². The SMILES string of the molecule is N#CCCNC(=O)CNCCc1ccccc1F. The number of hydrogen-bond donors (Lipinski definition) is 2. The molecule has 0 fully saturated rings. The third-order valence-electron chi connectivity index (χ3n) is 2.37. The van der Waals surface area contributed by atoms with Crippen LogP contribution in [0.25, 0.3) is 0 Å². The average molecular weight is 249 g/mol. The minimum atomic E-state index is -0.224. The number of hydrogen-bond acceptors (Lipinski definition) is 3. The predicted octanol–water partition coefficient (Wildman–Crippen LogP) is 0.988. The molecule has 0 aliphatic heterocycles. The van der Waals surface area contributed by atoms with E-state index in [4.69, 9.17) is 5.26 Å². The summed E-state index contributed by atoms with van der Waals surface area (Å²) in [4.78, 5) is 11.2. The number of rotatable bonds is 7. The van der Waals surface area contributed by atoms with Gasteiger partial charge in [-0.25, -0.2) is 4.39 Å². The van der Waals surface area contributed by atoms with Gasteiger partial charge in [-0.2, -0.15) is 5.26 Å². The molecule has 0 spiro atoms. The zero-order chi connectivity index (χ0) is 13.2. The van der Waals surface area contributed by atoms with Crippen molar-refractivity contribution in [3.8, 4) is 6.07 Å². The molecule has 1 aromatic carbocycles. The molecule has 4 nitrogen and oxygen atoms in total. The second kappa shape index (κ2) is 8.20. The largest absolute Gasteiger partial charge is 0.354 e. The van der Waals surface area contributed by atoms with E-state index in [-0.39, 0.29) is 18.3 Å². The van der Waals surface area contributed by atoms with Crippen LogP contribution in [0.5, 0.6) is 0 Å². The summed E-state index contributed by atoms with van der Waals surface area (Å²) >= 11 is 0. The molecular weight excluding hydrogens is 233 g/mol. The van der Waals surface area contributed by atoms with Crippen LogP contribution in [0.2, 0.25) is 0 Å². The highest BCUT2D eigenvalue weighted by molar-refractivity contribution is 5.77. The maximum Gasteiger partial charge on any atom is 0.233 e. The third-order valence-corrected chi connectivity index (χ3v) is 2.37. The Balaban J connectivity index is 2.14. The van der Waals surface area contributed by atoms with E-state index in [2.05, 4.69) is 10.6 Å². The predicted molar refractivity (Wildman–Crippen MR) is 66.2 cm³/mol. The fraction of sp³-hybridized carbons (Fsp3) is 0.385. The molecule has 0 saturated carbocycles. The summed E-state index contributed by atoms with van der Waals surface area (Å²) in [6.45, 7) is 1.08. The van der Waals surface area contributed by atoms with Gasteiger partial charge in [0.2, 0.25) is 5.91 Å². The van der Waals surface area contributed by atoms with Crippen LogP contribution in [-0.2, 0) is 11.2 Å². The van der Waals surface area contributed by atoms with Crippen molar-refractivity contribution in [2.75, 3.05) is 19.6 Å². The molecule has 0 radical (unpaired) electrons. The molecular formula is C13H16FN3O. The van der Waals surface area contributed by atoms with Gasteiger partial charge < -0.3 is 10.6 Å². The molecule has 0 atom stereocenters. The van der Waals surface area contributed by atoms with E-state index in [1.807, 2.05) is 6.07 Å². The number of halogens is 1. The Labute approximate surface area is 106 Å². The van der Waals surface area contributed by atoms with E-state index in [0.29, 0.717) is 31.5 Å². The van der Waals surface area contributed by atoms with E-state index in [9.17, 15) is 9.18 Å². The Morgan fingerprint density at radius 1 is 1.33 bits per heavy atom. The molecule has 0 aliphatic carbocycles. The number of amides is 1. The highest BCUT2D eigenvalue weighted by Gasteiger charge is 2.02. The highest BCUT2D eigenvalue weighted by atomic mass is 19.1. The second-order valence-electron chi connectivity index (χ2n) is 3.78. The van der Waals surface area contributed by atoms with Crippen molar-refractivity contribution in [2.24, 2.45) is 0 Å². The van der Waals surface area contributed by atoms with Crippen LogP contribution in [0.15, 0.2) is 24.3 Å². The Bertz CT molecular complexity index is 428. The molecule has 1 aromatic rings. The second-order valence-corrected chi connectivity index (χ2v) is 3.78. The number of benzene rings is 1. The van der Waals surface area contributed by atoms with Crippen LogP contribution in [0.3, 0.4) is 0 Å². The lowest BCUT2D eigenvalue weighted by atomic mass is 10.1. The van der Waals surface area contributed by atoms with Crippen molar-refractivity contribution < 1.29 is 9.18 Å². The van der Waals surface area contributed by atoms with Gasteiger partial charge in [-0.05, 0) is 24.6 Å².